The van der Waals surface area contributed by atoms with E-state index in [0.29, 0.717) is 6.61 Å². The lowest BCUT2D eigenvalue weighted by atomic mass is 10.3. The average molecular weight is 227 g/mol. The van der Waals surface area contributed by atoms with Gasteiger partial charge in [-0.1, -0.05) is 13.5 Å². The van der Waals surface area contributed by atoms with Gasteiger partial charge in [0.1, 0.15) is 11.6 Å². The van der Waals surface area contributed by atoms with Crippen LogP contribution < -0.4 is 0 Å². The molecular formula is C11H17NO4. The topological polar surface area (TPSA) is 68.6 Å². The third-order valence-corrected chi connectivity index (χ3v) is 1.96. The van der Waals surface area contributed by atoms with Gasteiger partial charge < -0.3 is 14.2 Å². The van der Waals surface area contributed by atoms with Gasteiger partial charge in [-0.05, 0) is 13.3 Å². The van der Waals surface area contributed by atoms with Crippen LogP contribution in [0.2, 0.25) is 0 Å². The summed E-state index contributed by atoms with van der Waals surface area (Å²) < 4.78 is 15.1. The van der Waals surface area contributed by atoms with E-state index < -0.39 is 12.3 Å². The molecule has 0 heterocycles. The van der Waals surface area contributed by atoms with Crippen molar-refractivity contribution < 1.29 is 19.0 Å². The van der Waals surface area contributed by atoms with Gasteiger partial charge in [0.05, 0.1) is 12.7 Å². The monoisotopic (exact) mass is 227 g/mol. The third-order valence-electron chi connectivity index (χ3n) is 1.96. The maximum atomic E-state index is 11.1. The number of carbonyl (C=O) groups is 1. The van der Waals surface area contributed by atoms with Crippen LogP contribution in [0.3, 0.4) is 0 Å². The highest BCUT2D eigenvalue weighted by Crippen LogP contribution is 2.03. The van der Waals surface area contributed by atoms with E-state index in [0.717, 1.165) is 6.42 Å². The minimum Gasteiger partial charge on any atom is -0.432 e. The van der Waals surface area contributed by atoms with E-state index in [1.54, 1.807) is 20.1 Å². The van der Waals surface area contributed by atoms with Crippen LogP contribution in [0.4, 0.5) is 0 Å². The first kappa shape index (κ1) is 14.6. The van der Waals surface area contributed by atoms with Crippen LogP contribution in [0.1, 0.15) is 20.3 Å². The van der Waals surface area contributed by atoms with Crippen LogP contribution in [0.15, 0.2) is 12.2 Å². The fourth-order valence-electron chi connectivity index (χ4n) is 0.897. The van der Waals surface area contributed by atoms with Gasteiger partial charge in [-0.3, -0.25) is 0 Å². The number of ether oxygens (including phenoxy) is 3. The molecule has 0 saturated carbocycles. The summed E-state index contributed by atoms with van der Waals surface area (Å²) in [7, 11) is 1.59. The smallest absolute Gasteiger partial charge is 0.350 e. The highest BCUT2D eigenvalue weighted by molar-refractivity contribution is 5.91. The van der Waals surface area contributed by atoms with E-state index in [9.17, 15) is 4.79 Å². The number of hydrogen-bond donors (Lipinski definition) is 0. The lowest BCUT2D eigenvalue weighted by Gasteiger charge is -2.17. The second kappa shape index (κ2) is 7.85. The molecule has 0 saturated heterocycles. The Balaban J connectivity index is 3.91. The van der Waals surface area contributed by atoms with Gasteiger partial charge in [-0.15, -0.1) is 0 Å². The Bertz CT molecular complexity index is 278. The SMILES string of the molecule is C=C(C#N)C(=O)OC(C)OCC(CC)OC. The van der Waals surface area contributed by atoms with Gasteiger partial charge in [0.15, 0.2) is 0 Å². The first-order chi connectivity index (χ1) is 7.54. The van der Waals surface area contributed by atoms with Gasteiger partial charge >= 0.3 is 5.97 Å². The van der Waals surface area contributed by atoms with Gasteiger partial charge in [0.25, 0.3) is 0 Å². The van der Waals surface area contributed by atoms with Crippen LogP contribution in [0, 0.1) is 11.3 Å². The van der Waals surface area contributed by atoms with E-state index in [-0.39, 0.29) is 11.7 Å². The predicted octanol–water partition coefficient (Wildman–Crippen LogP) is 1.40. The normalized spacial score (nSPS) is 13.6. The molecule has 0 aromatic heterocycles. The number of carbonyl (C=O) groups excluding carboxylic acids is 1. The molecule has 0 N–H and O–H groups in total. The van der Waals surface area contributed by atoms with Gasteiger partial charge in [-0.2, -0.15) is 5.26 Å². The van der Waals surface area contributed by atoms with Crippen molar-refractivity contribution in [2.24, 2.45) is 0 Å². The van der Waals surface area contributed by atoms with E-state index in [1.165, 1.54) is 0 Å². The number of rotatable bonds is 7. The fourth-order valence-corrected chi connectivity index (χ4v) is 0.897. The molecule has 0 aromatic carbocycles. The van der Waals surface area contributed by atoms with Gasteiger partial charge in [0, 0.05) is 7.11 Å². The summed E-state index contributed by atoms with van der Waals surface area (Å²) in [6.45, 7) is 7.11. The molecule has 0 aliphatic rings. The van der Waals surface area contributed by atoms with E-state index >= 15 is 0 Å². The zero-order valence-electron chi connectivity index (χ0n) is 9.86. The second-order valence-electron chi connectivity index (χ2n) is 3.16. The maximum Gasteiger partial charge on any atom is 0.350 e. The second-order valence-corrected chi connectivity index (χ2v) is 3.16. The van der Waals surface area contributed by atoms with Gasteiger partial charge in [-0.25, -0.2) is 4.79 Å². The minimum atomic E-state index is -0.763. The molecule has 2 atom stereocenters. The molecule has 0 aromatic rings. The summed E-state index contributed by atoms with van der Waals surface area (Å²) in [6, 6.07) is 1.61. The number of nitriles is 1. The van der Waals surface area contributed by atoms with E-state index in [2.05, 4.69) is 6.58 Å². The Morgan fingerprint density at radius 3 is 2.62 bits per heavy atom. The zero-order chi connectivity index (χ0) is 12.6. The number of esters is 1. The lowest BCUT2D eigenvalue weighted by molar-refractivity contribution is -0.175. The Morgan fingerprint density at radius 2 is 2.19 bits per heavy atom. The first-order valence-electron chi connectivity index (χ1n) is 4.99. The summed E-state index contributed by atoms with van der Waals surface area (Å²) >= 11 is 0. The van der Waals surface area contributed by atoms with Crippen LogP contribution in [0.25, 0.3) is 0 Å². The third kappa shape index (κ3) is 5.49. The molecule has 5 nitrogen and oxygen atoms in total. The van der Waals surface area contributed by atoms with Crippen LogP contribution in [-0.2, 0) is 19.0 Å². The molecule has 0 radical (unpaired) electrons. The molecule has 0 bridgehead atoms. The number of nitrogens with zero attached hydrogens (tertiary/aromatic N) is 1. The zero-order valence-corrected chi connectivity index (χ0v) is 9.86. The van der Waals surface area contributed by atoms with Gasteiger partial charge in [0.2, 0.25) is 6.29 Å². The van der Waals surface area contributed by atoms with Crippen molar-refractivity contribution in [1.29, 1.82) is 5.26 Å². The molecule has 0 amide bonds. The van der Waals surface area contributed by atoms with E-state index in [1.807, 2.05) is 6.92 Å². The van der Waals surface area contributed by atoms with Crippen molar-refractivity contribution >= 4 is 5.97 Å². The minimum absolute atomic E-state index is 0.0275. The molecule has 16 heavy (non-hydrogen) atoms. The summed E-state index contributed by atoms with van der Waals surface area (Å²) in [4.78, 5) is 11.1. The summed E-state index contributed by atoms with van der Waals surface area (Å²) in [5, 5.41) is 8.40. The Morgan fingerprint density at radius 1 is 1.56 bits per heavy atom. The van der Waals surface area contributed by atoms with E-state index in [4.69, 9.17) is 19.5 Å². The fraction of sp³-hybridized carbons (Fsp3) is 0.636. The van der Waals surface area contributed by atoms with Crippen molar-refractivity contribution in [2.45, 2.75) is 32.7 Å². The lowest BCUT2D eigenvalue weighted by Crippen LogP contribution is -2.25. The maximum absolute atomic E-state index is 11.1. The average Bonchev–Trinajstić information content (AvgIpc) is 2.29. The Labute approximate surface area is 95.6 Å². The predicted molar refractivity (Wildman–Crippen MR) is 57.3 cm³/mol. The Kier molecular flexibility index (Phi) is 7.18. The summed E-state index contributed by atoms with van der Waals surface area (Å²) in [5.74, 6) is -0.763. The molecule has 5 heteroatoms. The van der Waals surface area contributed by atoms with Crippen LogP contribution in [-0.4, -0.2) is 32.1 Å². The molecular weight excluding hydrogens is 210 g/mol. The molecule has 0 aliphatic carbocycles. The Hall–Kier alpha value is -1.38. The molecule has 0 aliphatic heterocycles. The van der Waals surface area contributed by atoms with Crippen molar-refractivity contribution in [2.75, 3.05) is 13.7 Å². The highest BCUT2D eigenvalue weighted by Gasteiger charge is 2.14. The molecule has 0 fully saturated rings. The van der Waals surface area contributed by atoms with Crippen molar-refractivity contribution in [3.63, 3.8) is 0 Å². The van der Waals surface area contributed by atoms with Crippen LogP contribution >= 0.6 is 0 Å². The number of methoxy groups -OCH3 is 1. The van der Waals surface area contributed by atoms with Crippen molar-refractivity contribution in [1.82, 2.24) is 0 Å². The molecule has 2 unspecified atom stereocenters. The highest BCUT2D eigenvalue weighted by atomic mass is 16.7. The molecule has 0 rings (SSSR count). The molecule has 0 spiro atoms. The van der Waals surface area contributed by atoms with Crippen LogP contribution in [0.5, 0.6) is 0 Å². The largest absolute Gasteiger partial charge is 0.432 e. The first-order valence-corrected chi connectivity index (χ1v) is 4.99. The number of hydrogen-bond acceptors (Lipinski definition) is 5. The summed E-state index contributed by atoms with van der Waals surface area (Å²) in [5.41, 5.74) is -0.241. The molecule has 90 valence electrons. The summed E-state index contributed by atoms with van der Waals surface area (Å²) in [6.07, 6.45) is 0.0596. The standard InChI is InChI=1S/C11H17NO4/c1-5-10(14-4)7-15-9(3)16-11(13)8(2)6-12/h9-10H,2,5,7H2,1,3-4H3. The van der Waals surface area contributed by atoms with Crippen molar-refractivity contribution in [3.8, 4) is 6.07 Å². The quantitative estimate of drug-likeness (QED) is 0.284. The van der Waals surface area contributed by atoms with Crippen molar-refractivity contribution in [3.05, 3.63) is 12.2 Å².